The number of rotatable bonds is 11. The van der Waals surface area contributed by atoms with Crippen LogP contribution in [0.3, 0.4) is 0 Å². The van der Waals surface area contributed by atoms with Crippen LogP contribution in [0.5, 0.6) is 5.75 Å². The summed E-state index contributed by atoms with van der Waals surface area (Å²) >= 11 is 11.7. The average molecular weight is 552 g/mol. The zero-order valence-corrected chi connectivity index (χ0v) is 19.4. The van der Waals surface area contributed by atoms with E-state index in [0.29, 0.717) is 23.6 Å². The Balaban J connectivity index is 0.00000578. The summed E-state index contributed by atoms with van der Waals surface area (Å²) in [4.78, 5) is 49.3. The molecule has 0 saturated carbocycles. The first-order valence-corrected chi connectivity index (χ1v) is 11.8. The number of hydrogen-bond acceptors (Lipinski definition) is 9. The van der Waals surface area contributed by atoms with Crippen molar-refractivity contribution in [1.82, 2.24) is 5.32 Å². The van der Waals surface area contributed by atoms with Crippen LogP contribution in [-0.2, 0) is 34.1 Å². The van der Waals surface area contributed by atoms with Crippen molar-refractivity contribution >= 4 is 86.6 Å². The Bertz CT molecular complexity index is 1060. The molecule has 1 aromatic rings. The van der Waals surface area contributed by atoms with Crippen LogP contribution in [0.2, 0.25) is 10.0 Å². The van der Waals surface area contributed by atoms with Crippen LogP contribution in [0.4, 0.5) is 0 Å². The second-order valence-electron chi connectivity index (χ2n) is 7.00. The summed E-state index contributed by atoms with van der Waals surface area (Å²) in [6.07, 6.45) is -0.155. The molecule has 1 saturated heterocycles. The number of imide groups is 1. The van der Waals surface area contributed by atoms with Gasteiger partial charge in [-0.3, -0.25) is 9.35 Å². The van der Waals surface area contributed by atoms with E-state index < -0.39 is 50.3 Å². The van der Waals surface area contributed by atoms with E-state index in [1.165, 1.54) is 12.1 Å². The molecule has 1 aliphatic heterocycles. The van der Waals surface area contributed by atoms with Gasteiger partial charge in [-0.2, -0.15) is 13.6 Å². The molecule has 1 fully saturated rings. The van der Waals surface area contributed by atoms with Crippen LogP contribution in [0.1, 0.15) is 32.1 Å². The number of unbranched alkanes of at least 4 members (excludes halogenated alkanes) is 2. The molecule has 34 heavy (non-hydrogen) atoms. The van der Waals surface area contributed by atoms with Gasteiger partial charge in [0, 0.05) is 11.6 Å². The Kier molecular flexibility index (Phi) is 11.9. The number of carbonyl (C=O) groups is 4. The van der Waals surface area contributed by atoms with E-state index in [-0.39, 0.29) is 60.6 Å². The second kappa shape index (κ2) is 13.1. The van der Waals surface area contributed by atoms with Gasteiger partial charge in [-0.15, -0.1) is 0 Å². The molecular formula is C18H22Cl2N2NaO10S+. The summed E-state index contributed by atoms with van der Waals surface area (Å²) in [6, 6.07) is 4.57. The van der Waals surface area contributed by atoms with Gasteiger partial charge in [0.1, 0.15) is 17.0 Å². The predicted octanol–water partition coefficient (Wildman–Crippen LogP) is 0.778. The monoisotopic (exact) mass is 551 g/mol. The molecule has 2 atom stereocenters. The predicted molar refractivity (Wildman–Crippen MR) is 119 cm³/mol. The number of halogens is 2. The molecular weight excluding hydrogens is 530 g/mol. The van der Waals surface area contributed by atoms with Gasteiger partial charge in [-0.1, -0.05) is 29.6 Å². The molecule has 16 heteroatoms. The van der Waals surface area contributed by atoms with Gasteiger partial charge in [-0.25, -0.2) is 19.2 Å². The molecule has 12 nitrogen and oxygen atoms in total. The standard InChI is InChI=1S/C18H20Cl2N2O10S.Na.H/c19-11-5-6-13(12(20)8-11)31-10-15(23)21-7-3-1-2-4-17(25)32-22(27)16(24)9-14(18(22)26)33(28,29)30;;/h5-6,8,14,27H,1-4,7,9-10H2,(H-,21,23,28,29,30);;/p+1. The van der Waals surface area contributed by atoms with Gasteiger partial charge < -0.3 is 10.1 Å². The number of hydrogen-bond donors (Lipinski definition) is 3. The SMILES string of the molecule is O=C(COc1ccc(Cl)cc1Cl)NCCCCCC(=O)O[N+]1(O)C(=O)CC(S(=O)(=O)O)C1=O.[NaH]. The molecule has 0 aliphatic carbocycles. The Morgan fingerprint density at radius 1 is 1.18 bits per heavy atom. The summed E-state index contributed by atoms with van der Waals surface area (Å²) in [5, 5.41) is 11.0. The Morgan fingerprint density at radius 2 is 1.85 bits per heavy atom. The fourth-order valence-corrected chi connectivity index (χ4v) is 4.01. The molecule has 0 radical (unpaired) electrons. The van der Waals surface area contributed by atoms with Crippen molar-refractivity contribution in [2.75, 3.05) is 13.2 Å². The van der Waals surface area contributed by atoms with Gasteiger partial charge in [0.05, 0.1) is 11.4 Å². The van der Waals surface area contributed by atoms with Crippen molar-refractivity contribution in [3.05, 3.63) is 28.2 Å². The minimum atomic E-state index is -4.94. The zero-order chi connectivity index (χ0) is 24.8. The Labute approximate surface area is 227 Å². The molecule has 1 heterocycles. The summed E-state index contributed by atoms with van der Waals surface area (Å²) in [5.74, 6) is -4.27. The van der Waals surface area contributed by atoms with E-state index in [4.69, 9.17) is 32.5 Å². The maximum atomic E-state index is 11.9. The molecule has 1 aliphatic rings. The molecule has 0 bridgehead atoms. The van der Waals surface area contributed by atoms with Gasteiger partial charge >= 0.3 is 47.3 Å². The number of amides is 3. The summed E-state index contributed by atoms with van der Waals surface area (Å²) in [7, 11) is -4.94. The van der Waals surface area contributed by atoms with Gasteiger partial charge in [0.15, 0.2) is 6.61 Å². The van der Waals surface area contributed by atoms with E-state index in [1.807, 2.05) is 0 Å². The first-order valence-electron chi connectivity index (χ1n) is 9.57. The Hall–Kier alpha value is -1.29. The molecule has 0 spiro atoms. The van der Waals surface area contributed by atoms with Crippen molar-refractivity contribution in [2.24, 2.45) is 0 Å². The summed E-state index contributed by atoms with van der Waals surface area (Å²) in [5.41, 5.74) is 0. The first kappa shape index (κ1) is 30.7. The van der Waals surface area contributed by atoms with Crippen LogP contribution < -0.4 is 10.1 Å². The van der Waals surface area contributed by atoms with Crippen LogP contribution in [0, 0.1) is 0 Å². The zero-order valence-electron chi connectivity index (χ0n) is 17.0. The van der Waals surface area contributed by atoms with Gasteiger partial charge in [0.2, 0.25) is 5.25 Å². The van der Waals surface area contributed by atoms with E-state index in [9.17, 15) is 32.8 Å². The Morgan fingerprint density at radius 3 is 2.44 bits per heavy atom. The molecule has 3 N–H and O–H groups in total. The van der Waals surface area contributed by atoms with Crippen molar-refractivity contribution < 1.29 is 51.7 Å². The number of carbonyl (C=O) groups excluding carboxylic acids is 4. The number of benzene rings is 1. The number of hydroxylamine groups is 4. The van der Waals surface area contributed by atoms with Crippen LogP contribution in [-0.4, -0.2) is 94.6 Å². The summed E-state index contributed by atoms with van der Waals surface area (Å²) < 4.78 is 36.4. The van der Waals surface area contributed by atoms with Crippen LogP contribution in [0.25, 0.3) is 0 Å². The van der Waals surface area contributed by atoms with E-state index in [1.54, 1.807) is 6.07 Å². The quantitative estimate of drug-likeness (QED) is 0.0889. The van der Waals surface area contributed by atoms with E-state index in [2.05, 4.69) is 10.2 Å². The molecule has 184 valence electrons. The maximum absolute atomic E-state index is 11.9. The number of quaternary nitrogens is 1. The third-order valence-electron chi connectivity index (χ3n) is 4.50. The molecule has 2 rings (SSSR count). The molecule has 1 aromatic carbocycles. The number of ether oxygens (including phenoxy) is 1. The second-order valence-corrected chi connectivity index (χ2v) is 9.45. The third-order valence-corrected chi connectivity index (χ3v) is 6.12. The normalized spacial score (nSPS) is 19.9. The number of nitrogens with zero attached hydrogens (tertiary/aromatic N) is 1. The third kappa shape index (κ3) is 8.43. The van der Waals surface area contributed by atoms with Gasteiger partial charge in [0.25, 0.3) is 16.0 Å². The number of nitrogens with one attached hydrogen (secondary N) is 1. The van der Waals surface area contributed by atoms with E-state index >= 15 is 0 Å². The van der Waals surface area contributed by atoms with Crippen LogP contribution >= 0.6 is 23.2 Å². The fraction of sp³-hybridized carbons (Fsp3) is 0.444. The molecule has 2 unspecified atom stereocenters. The first-order chi connectivity index (χ1) is 15.3. The minimum absolute atomic E-state index is 0. The van der Waals surface area contributed by atoms with Gasteiger partial charge in [-0.05, 0) is 31.0 Å². The van der Waals surface area contributed by atoms with Crippen molar-refractivity contribution in [1.29, 1.82) is 0 Å². The molecule has 3 amide bonds. The fourth-order valence-electron chi connectivity index (χ4n) is 2.79. The van der Waals surface area contributed by atoms with E-state index in [0.717, 1.165) is 0 Å². The van der Waals surface area contributed by atoms with Crippen molar-refractivity contribution in [3.63, 3.8) is 0 Å². The van der Waals surface area contributed by atoms with Crippen molar-refractivity contribution in [2.45, 2.75) is 37.4 Å². The van der Waals surface area contributed by atoms with Crippen LogP contribution in [0.15, 0.2) is 18.2 Å². The topological polar surface area (TPSA) is 173 Å². The molecule has 0 aromatic heterocycles. The average Bonchev–Trinajstić information content (AvgIpc) is 2.93. The van der Waals surface area contributed by atoms with Crippen molar-refractivity contribution in [3.8, 4) is 5.75 Å². The summed E-state index contributed by atoms with van der Waals surface area (Å²) in [6.45, 7) is 0.00932.